The van der Waals surface area contributed by atoms with E-state index in [2.05, 4.69) is 25.5 Å². The zero-order chi connectivity index (χ0) is 15.6. The zero-order valence-corrected chi connectivity index (χ0v) is 12.5. The quantitative estimate of drug-likeness (QED) is 0.772. The lowest BCUT2D eigenvalue weighted by Gasteiger charge is -2.15. The average molecular weight is 308 g/mol. The molecule has 0 fully saturated rings. The minimum Gasteiger partial charge on any atom is -0.348 e. The van der Waals surface area contributed by atoms with Crippen molar-refractivity contribution in [2.45, 2.75) is 31.8 Å². The molecule has 3 aromatic heterocycles. The van der Waals surface area contributed by atoms with Crippen LogP contribution in [0.5, 0.6) is 0 Å². The van der Waals surface area contributed by atoms with E-state index in [9.17, 15) is 4.79 Å². The summed E-state index contributed by atoms with van der Waals surface area (Å²) in [4.78, 5) is 21.0. The number of nitrogens with zero attached hydrogens (tertiary/aromatic N) is 5. The molecule has 23 heavy (non-hydrogen) atoms. The molecule has 0 saturated heterocycles. The molecule has 1 atom stereocenters. The van der Waals surface area contributed by atoms with Gasteiger partial charge in [0.15, 0.2) is 5.65 Å². The van der Waals surface area contributed by atoms with E-state index in [1.54, 1.807) is 18.6 Å². The summed E-state index contributed by atoms with van der Waals surface area (Å²) in [6, 6.07) is 7.51. The predicted octanol–water partition coefficient (Wildman–Crippen LogP) is 1.36. The van der Waals surface area contributed by atoms with Crippen LogP contribution in [0.2, 0.25) is 0 Å². The number of fused-ring (bicyclic) bond motifs is 2. The maximum absolute atomic E-state index is 12.4. The summed E-state index contributed by atoms with van der Waals surface area (Å²) in [5.41, 5.74) is 0.993. The molecule has 7 heteroatoms. The van der Waals surface area contributed by atoms with Crippen molar-refractivity contribution in [2.75, 3.05) is 0 Å². The molecule has 0 aromatic carbocycles. The molecular formula is C16H16N6O. The van der Waals surface area contributed by atoms with Gasteiger partial charge in [0.25, 0.3) is 5.91 Å². The summed E-state index contributed by atoms with van der Waals surface area (Å²) >= 11 is 0. The van der Waals surface area contributed by atoms with Gasteiger partial charge in [0.1, 0.15) is 17.8 Å². The van der Waals surface area contributed by atoms with E-state index in [1.807, 2.05) is 22.8 Å². The van der Waals surface area contributed by atoms with Crippen LogP contribution in [-0.4, -0.2) is 36.7 Å². The Kier molecular flexibility index (Phi) is 3.45. The normalized spacial score (nSPS) is 17.5. The first-order valence-electron chi connectivity index (χ1n) is 7.69. The Balaban J connectivity index is 1.47. The van der Waals surface area contributed by atoms with Crippen LogP contribution in [0.4, 0.5) is 0 Å². The lowest BCUT2D eigenvalue weighted by molar-refractivity contribution is 0.0928. The minimum atomic E-state index is -0.153. The summed E-state index contributed by atoms with van der Waals surface area (Å²) < 4.78 is 2.05. The number of carbonyl (C=O) groups is 1. The maximum atomic E-state index is 12.4. The van der Waals surface area contributed by atoms with Gasteiger partial charge in [-0.25, -0.2) is 9.97 Å². The molecule has 0 radical (unpaired) electrons. The molecule has 4 heterocycles. The average Bonchev–Trinajstić information content (AvgIpc) is 2.96. The molecule has 0 aliphatic carbocycles. The van der Waals surface area contributed by atoms with Crippen molar-refractivity contribution in [3.05, 3.63) is 48.3 Å². The van der Waals surface area contributed by atoms with Crippen LogP contribution in [0.1, 0.15) is 29.2 Å². The number of pyridine rings is 2. The second-order valence-electron chi connectivity index (χ2n) is 5.68. The van der Waals surface area contributed by atoms with Crippen LogP contribution in [0.3, 0.4) is 0 Å². The molecule has 0 spiro atoms. The van der Waals surface area contributed by atoms with E-state index in [0.717, 1.165) is 37.0 Å². The molecule has 1 amide bonds. The lowest BCUT2D eigenvalue weighted by Crippen LogP contribution is -2.35. The summed E-state index contributed by atoms with van der Waals surface area (Å²) in [6.45, 7) is 0.819. The lowest BCUT2D eigenvalue weighted by atomic mass is 10.1. The maximum Gasteiger partial charge on any atom is 0.270 e. The predicted molar refractivity (Wildman–Crippen MR) is 83.8 cm³/mol. The highest BCUT2D eigenvalue weighted by Gasteiger charge is 2.20. The van der Waals surface area contributed by atoms with E-state index in [1.165, 1.54) is 0 Å². The standard InChI is InChI=1S/C16H16N6O/c23-16(13-5-3-11-2-1-8-17-15(11)20-13)19-12-4-6-14-21-18-10-22(14)9-7-12/h1-3,5,8,10,12H,4,6-7,9H2,(H,19,23). The van der Waals surface area contributed by atoms with Gasteiger partial charge in [0.05, 0.1) is 0 Å². The van der Waals surface area contributed by atoms with Gasteiger partial charge in [0, 0.05) is 30.6 Å². The second-order valence-corrected chi connectivity index (χ2v) is 5.68. The van der Waals surface area contributed by atoms with Crippen molar-refractivity contribution in [3.8, 4) is 0 Å². The van der Waals surface area contributed by atoms with E-state index in [0.29, 0.717) is 11.3 Å². The molecule has 1 unspecified atom stereocenters. The van der Waals surface area contributed by atoms with Gasteiger partial charge in [-0.2, -0.15) is 0 Å². The SMILES string of the molecule is O=C(NC1CCc2nncn2CC1)c1ccc2cccnc2n1. The smallest absolute Gasteiger partial charge is 0.270 e. The first-order valence-corrected chi connectivity index (χ1v) is 7.69. The highest BCUT2D eigenvalue weighted by atomic mass is 16.1. The Morgan fingerprint density at radius 1 is 1.26 bits per heavy atom. The number of carbonyl (C=O) groups excluding carboxylic acids is 1. The molecule has 1 aliphatic rings. The van der Waals surface area contributed by atoms with Gasteiger partial charge in [-0.3, -0.25) is 4.79 Å². The van der Waals surface area contributed by atoms with Gasteiger partial charge >= 0.3 is 0 Å². The van der Waals surface area contributed by atoms with Crippen LogP contribution >= 0.6 is 0 Å². The fourth-order valence-electron chi connectivity index (χ4n) is 2.88. The zero-order valence-electron chi connectivity index (χ0n) is 12.5. The topological polar surface area (TPSA) is 85.6 Å². The summed E-state index contributed by atoms with van der Waals surface area (Å²) in [7, 11) is 0. The summed E-state index contributed by atoms with van der Waals surface area (Å²) in [5.74, 6) is 0.829. The second kappa shape index (κ2) is 5.75. The van der Waals surface area contributed by atoms with Crippen LogP contribution < -0.4 is 5.32 Å². The van der Waals surface area contributed by atoms with E-state index >= 15 is 0 Å². The van der Waals surface area contributed by atoms with Gasteiger partial charge < -0.3 is 9.88 Å². The largest absolute Gasteiger partial charge is 0.348 e. The first-order chi connectivity index (χ1) is 11.3. The Hall–Kier alpha value is -2.83. The van der Waals surface area contributed by atoms with Crippen molar-refractivity contribution in [3.63, 3.8) is 0 Å². The molecule has 3 aromatic rings. The fraction of sp³-hybridized carbons (Fsp3) is 0.312. The number of hydrogen-bond donors (Lipinski definition) is 1. The van der Waals surface area contributed by atoms with Crippen LogP contribution in [-0.2, 0) is 13.0 Å². The highest BCUT2D eigenvalue weighted by molar-refractivity contribution is 5.94. The van der Waals surface area contributed by atoms with E-state index < -0.39 is 0 Å². The molecule has 0 bridgehead atoms. The Labute approximate surface area is 132 Å². The molecule has 1 aliphatic heterocycles. The molecule has 7 nitrogen and oxygen atoms in total. The number of rotatable bonds is 2. The number of amides is 1. The summed E-state index contributed by atoms with van der Waals surface area (Å²) in [5, 5.41) is 12.0. The van der Waals surface area contributed by atoms with E-state index in [4.69, 9.17) is 0 Å². The monoisotopic (exact) mass is 308 g/mol. The molecule has 4 rings (SSSR count). The molecule has 0 saturated carbocycles. The van der Waals surface area contributed by atoms with Crippen molar-refractivity contribution in [1.82, 2.24) is 30.0 Å². The Morgan fingerprint density at radius 3 is 3.17 bits per heavy atom. The number of aromatic nitrogens is 5. The fourth-order valence-corrected chi connectivity index (χ4v) is 2.88. The van der Waals surface area contributed by atoms with Gasteiger partial charge in [0.2, 0.25) is 0 Å². The molecule has 1 N–H and O–H groups in total. The molecule has 116 valence electrons. The minimum absolute atomic E-state index is 0.116. The number of nitrogens with one attached hydrogen (secondary N) is 1. The Morgan fingerprint density at radius 2 is 2.22 bits per heavy atom. The van der Waals surface area contributed by atoms with Crippen LogP contribution in [0.15, 0.2) is 36.8 Å². The van der Waals surface area contributed by atoms with Gasteiger partial charge in [-0.1, -0.05) is 0 Å². The van der Waals surface area contributed by atoms with Gasteiger partial charge in [-0.15, -0.1) is 10.2 Å². The summed E-state index contributed by atoms with van der Waals surface area (Å²) in [6.07, 6.45) is 5.96. The van der Waals surface area contributed by atoms with E-state index in [-0.39, 0.29) is 11.9 Å². The first kappa shape index (κ1) is 13.8. The third kappa shape index (κ3) is 2.77. The molecular weight excluding hydrogens is 292 g/mol. The third-order valence-electron chi connectivity index (χ3n) is 4.16. The van der Waals surface area contributed by atoms with Crippen molar-refractivity contribution >= 4 is 16.9 Å². The highest BCUT2D eigenvalue weighted by Crippen LogP contribution is 2.14. The van der Waals surface area contributed by atoms with Crippen molar-refractivity contribution in [1.29, 1.82) is 0 Å². The third-order valence-corrected chi connectivity index (χ3v) is 4.16. The number of aryl methyl sites for hydroxylation is 2. The van der Waals surface area contributed by atoms with Crippen LogP contribution in [0, 0.1) is 0 Å². The van der Waals surface area contributed by atoms with Crippen LogP contribution in [0.25, 0.3) is 11.0 Å². The van der Waals surface area contributed by atoms with Crippen molar-refractivity contribution in [2.24, 2.45) is 0 Å². The van der Waals surface area contributed by atoms with Crippen molar-refractivity contribution < 1.29 is 4.79 Å². The number of hydrogen-bond acceptors (Lipinski definition) is 5. The Bertz CT molecular complexity index is 836. The van der Waals surface area contributed by atoms with Gasteiger partial charge in [-0.05, 0) is 37.1 Å².